The first-order chi connectivity index (χ1) is 13.5. The maximum Gasteiger partial charge on any atom is 0.213 e. The monoisotopic (exact) mass is 398 g/mol. The van der Waals surface area contributed by atoms with Crippen molar-refractivity contribution < 1.29 is 8.42 Å². The van der Waals surface area contributed by atoms with E-state index in [1.807, 2.05) is 6.07 Å². The highest BCUT2D eigenvalue weighted by Gasteiger charge is 2.45. The predicted molar refractivity (Wildman–Crippen MR) is 115 cm³/mol. The molecule has 4 rings (SSSR count). The van der Waals surface area contributed by atoms with Gasteiger partial charge in [-0.25, -0.2) is 12.7 Å². The average Bonchev–Trinajstić information content (AvgIpc) is 3.10. The fourth-order valence-electron chi connectivity index (χ4n) is 4.85. The van der Waals surface area contributed by atoms with E-state index in [-0.39, 0.29) is 11.3 Å². The highest BCUT2D eigenvalue weighted by molar-refractivity contribution is 7.89. The smallest absolute Gasteiger partial charge is 0.213 e. The number of hydrogen-bond acceptors (Lipinski definition) is 3. The average molecular weight is 399 g/mol. The first-order valence-electron chi connectivity index (χ1n) is 10.4. The molecular formula is C23H30N2O2S. The number of sulfonamides is 1. The molecule has 2 aromatic rings. The van der Waals surface area contributed by atoms with Gasteiger partial charge < -0.3 is 0 Å². The Morgan fingerprint density at radius 2 is 1.54 bits per heavy atom. The number of benzene rings is 2. The highest BCUT2D eigenvalue weighted by Crippen LogP contribution is 2.39. The Hall–Kier alpha value is -1.69. The van der Waals surface area contributed by atoms with Crippen molar-refractivity contribution in [1.82, 2.24) is 9.21 Å². The minimum atomic E-state index is -3.11. The van der Waals surface area contributed by atoms with E-state index in [0.717, 1.165) is 38.8 Å². The quantitative estimate of drug-likeness (QED) is 0.760. The van der Waals surface area contributed by atoms with Crippen LogP contribution in [0.25, 0.3) is 11.1 Å². The maximum atomic E-state index is 12.4. The van der Waals surface area contributed by atoms with E-state index < -0.39 is 10.0 Å². The van der Waals surface area contributed by atoms with Crippen LogP contribution in [0.15, 0.2) is 54.6 Å². The fraction of sp³-hybridized carbons (Fsp3) is 0.478. The molecule has 150 valence electrons. The van der Waals surface area contributed by atoms with Gasteiger partial charge in [-0.15, -0.1) is 0 Å². The van der Waals surface area contributed by atoms with Gasteiger partial charge in [0.25, 0.3) is 0 Å². The van der Waals surface area contributed by atoms with E-state index in [0.29, 0.717) is 13.1 Å². The molecule has 2 aliphatic heterocycles. The summed E-state index contributed by atoms with van der Waals surface area (Å²) in [5, 5.41) is 0. The van der Waals surface area contributed by atoms with Gasteiger partial charge in [0, 0.05) is 25.2 Å². The topological polar surface area (TPSA) is 40.6 Å². The Kier molecular flexibility index (Phi) is 5.59. The van der Waals surface area contributed by atoms with Gasteiger partial charge in [-0.1, -0.05) is 54.6 Å². The second-order valence-corrected chi connectivity index (χ2v) is 10.4. The van der Waals surface area contributed by atoms with Crippen molar-refractivity contribution in [3.05, 3.63) is 60.2 Å². The van der Waals surface area contributed by atoms with Crippen molar-refractivity contribution in [3.8, 4) is 11.1 Å². The van der Waals surface area contributed by atoms with E-state index in [1.54, 1.807) is 11.2 Å². The van der Waals surface area contributed by atoms with Crippen LogP contribution in [0.5, 0.6) is 0 Å². The van der Waals surface area contributed by atoms with Crippen LogP contribution in [-0.4, -0.2) is 48.5 Å². The summed E-state index contributed by atoms with van der Waals surface area (Å²) in [7, 11) is -3.11. The number of rotatable bonds is 5. The zero-order chi connectivity index (χ0) is 19.6. The van der Waals surface area contributed by atoms with E-state index in [9.17, 15) is 8.42 Å². The first-order valence-corrected chi connectivity index (χ1v) is 12.0. The van der Waals surface area contributed by atoms with Crippen molar-refractivity contribution in [1.29, 1.82) is 0 Å². The van der Waals surface area contributed by atoms with Crippen molar-refractivity contribution in [2.45, 2.75) is 44.7 Å². The molecule has 0 bridgehead atoms. The maximum absolute atomic E-state index is 12.4. The molecule has 0 aromatic heterocycles. The van der Waals surface area contributed by atoms with Crippen molar-refractivity contribution >= 4 is 10.0 Å². The molecule has 0 radical (unpaired) electrons. The minimum absolute atomic E-state index is 0.0125. The lowest BCUT2D eigenvalue weighted by Crippen LogP contribution is -2.56. The predicted octanol–water partition coefficient (Wildman–Crippen LogP) is 4.13. The summed E-state index contributed by atoms with van der Waals surface area (Å²) in [6.45, 7) is 5.04. The molecule has 0 saturated carbocycles. The Bertz CT molecular complexity index is 896. The number of piperidine rings is 1. The molecule has 0 N–H and O–H groups in total. The molecule has 1 atom stereocenters. The van der Waals surface area contributed by atoms with Gasteiger partial charge in [-0.2, -0.15) is 0 Å². The third-order valence-electron chi connectivity index (χ3n) is 6.45. The van der Waals surface area contributed by atoms with Gasteiger partial charge in [0.05, 0.1) is 5.75 Å². The number of hydrogen-bond donors (Lipinski definition) is 0. The second-order valence-electron chi connectivity index (χ2n) is 8.15. The highest BCUT2D eigenvalue weighted by atomic mass is 32.2. The number of likely N-dealkylation sites (tertiary alicyclic amines) is 1. The standard InChI is InChI=1S/C23H30N2O2S/c1-2-28(26,27)25-17-7-15-23(19-25)14-6-16-24(23)18-20-10-12-22(13-11-20)21-8-4-3-5-9-21/h3-5,8-13H,2,6-7,14-19H2,1H3. The zero-order valence-electron chi connectivity index (χ0n) is 16.7. The largest absolute Gasteiger partial charge is 0.292 e. The lowest BCUT2D eigenvalue weighted by molar-refractivity contribution is 0.0680. The summed E-state index contributed by atoms with van der Waals surface area (Å²) >= 11 is 0. The van der Waals surface area contributed by atoms with Crippen LogP contribution >= 0.6 is 0 Å². The van der Waals surface area contributed by atoms with Gasteiger partial charge in [0.2, 0.25) is 10.0 Å². The van der Waals surface area contributed by atoms with E-state index in [1.165, 1.54) is 16.7 Å². The summed E-state index contributed by atoms with van der Waals surface area (Å²) < 4.78 is 26.6. The van der Waals surface area contributed by atoms with Crippen LogP contribution in [0.3, 0.4) is 0 Å². The van der Waals surface area contributed by atoms with E-state index >= 15 is 0 Å². The summed E-state index contributed by atoms with van der Waals surface area (Å²) in [6, 6.07) is 19.3. The molecular weight excluding hydrogens is 368 g/mol. The molecule has 0 aliphatic carbocycles. The lowest BCUT2D eigenvalue weighted by Gasteiger charge is -2.45. The van der Waals surface area contributed by atoms with Gasteiger partial charge >= 0.3 is 0 Å². The van der Waals surface area contributed by atoms with E-state index in [2.05, 4.69) is 53.4 Å². The summed E-state index contributed by atoms with van der Waals surface area (Å²) in [6.07, 6.45) is 4.32. The van der Waals surface area contributed by atoms with Crippen LogP contribution in [0.1, 0.15) is 38.2 Å². The third-order valence-corrected chi connectivity index (χ3v) is 8.28. The molecule has 2 heterocycles. The summed E-state index contributed by atoms with van der Waals surface area (Å²) in [5.74, 6) is 0.198. The van der Waals surface area contributed by atoms with Gasteiger partial charge in [-0.3, -0.25) is 4.90 Å². The van der Waals surface area contributed by atoms with Gasteiger partial charge in [-0.05, 0) is 55.8 Å². The van der Waals surface area contributed by atoms with Crippen LogP contribution in [0.4, 0.5) is 0 Å². The summed E-state index contributed by atoms with van der Waals surface area (Å²) in [4.78, 5) is 2.54. The third kappa shape index (κ3) is 3.88. The molecule has 1 spiro atoms. The molecule has 1 unspecified atom stereocenters. The Morgan fingerprint density at radius 3 is 2.21 bits per heavy atom. The van der Waals surface area contributed by atoms with Gasteiger partial charge in [0.15, 0.2) is 0 Å². The molecule has 5 heteroatoms. The molecule has 28 heavy (non-hydrogen) atoms. The minimum Gasteiger partial charge on any atom is -0.292 e. The van der Waals surface area contributed by atoms with Crippen LogP contribution < -0.4 is 0 Å². The molecule has 4 nitrogen and oxygen atoms in total. The van der Waals surface area contributed by atoms with Gasteiger partial charge in [0.1, 0.15) is 0 Å². The first kappa shape index (κ1) is 19.6. The van der Waals surface area contributed by atoms with Crippen molar-refractivity contribution in [2.24, 2.45) is 0 Å². The van der Waals surface area contributed by atoms with Crippen LogP contribution in [0.2, 0.25) is 0 Å². The Balaban J connectivity index is 1.50. The second kappa shape index (κ2) is 7.97. The number of nitrogens with zero attached hydrogens (tertiary/aromatic N) is 2. The molecule has 2 aliphatic rings. The van der Waals surface area contributed by atoms with Crippen molar-refractivity contribution in [3.63, 3.8) is 0 Å². The molecule has 2 saturated heterocycles. The molecule has 2 aromatic carbocycles. The molecule has 0 amide bonds. The lowest BCUT2D eigenvalue weighted by atomic mass is 9.87. The SMILES string of the molecule is CCS(=O)(=O)N1CCCC2(CCCN2Cc2ccc(-c3ccccc3)cc2)C1. The normalized spacial score (nSPS) is 24.0. The van der Waals surface area contributed by atoms with E-state index in [4.69, 9.17) is 0 Å². The van der Waals surface area contributed by atoms with Crippen molar-refractivity contribution in [2.75, 3.05) is 25.4 Å². The summed E-state index contributed by atoms with van der Waals surface area (Å²) in [5.41, 5.74) is 3.78. The Morgan fingerprint density at radius 1 is 0.893 bits per heavy atom. The van der Waals surface area contributed by atoms with Crippen LogP contribution in [0, 0.1) is 0 Å². The van der Waals surface area contributed by atoms with Crippen LogP contribution in [-0.2, 0) is 16.6 Å². The zero-order valence-corrected chi connectivity index (χ0v) is 17.5. The molecule has 2 fully saturated rings. The Labute approximate surface area is 169 Å². The fourth-order valence-corrected chi connectivity index (χ4v) is 6.06.